The molecule has 0 aromatic heterocycles. The molecule has 0 bridgehead atoms. The smallest absolute Gasteiger partial charge is 0.317 e. The first-order valence-electron chi connectivity index (χ1n) is 9.58. The van der Waals surface area contributed by atoms with Crippen LogP contribution in [0.3, 0.4) is 0 Å². The van der Waals surface area contributed by atoms with Gasteiger partial charge in [-0.3, -0.25) is 4.79 Å². The fraction of sp³-hybridized carbons (Fsp3) is 0.600. The molecule has 2 saturated carbocycles. The Bertz CT molecular complexity index is 684. The number of nitrogens with zero attached hydrogens (tertiary/aromatic N) is 1. The number of hydrogen-bond donors (Lipinski definition) is 2. The molecule has 3 aliphatic rings. The maximum atomic E-state index is 12.7. The predicted molar refractivity (Wildman–Crippen MR) is 96.1 cm³/mol. The van der Waals surface area contributed by atoms with E-state index in [-0.39, 0.29) is 11.9 Å². The summed E-state index contributed by atoms with van der Waals surface area (Å²) in [6.07, 6.45) is 8.28. The van der Waals surface area contributed by atoms with Gasteiger partial charge < -0.3 is 16.0 Å². The van der Waals surface area contributed by atoms with Gasteiger partial charge >= 0.3 is 6.03 Å². The summed E-state index contributed by atoms with van der Waals surface area (Å²) < 4.78 is 0. The summed E-state index contributed by atoms with van der Waals surface area (Å²) in [6, 6.07) is 5.98. The van der Waals surface area contributed by atoms with Crippen LogP contribution in [-0.2, 0) is 13.0 Å². The van der Waals surface area contributed by atoms with Crippen molar-refractivity contribution < 1.29 is 9.59 Å². The molecule has 2 fully saturated rings. The zero-order chi connectivity index (χ0) is 17.4. The summed E-state index contributed by atoms with van der Waals surface area (Å²) >= 11 is 0. The molecule has 1 aliphatic heterocycles. The average Bonchev–Trinajstić information content (AvgIpc) is 3.46. The van der Waals surface area contributed by atoms with Crippen LogP contribution >= 0.6 is 0 Å². The van der Waals surface area contributed by atoms with E-state index in [0.29, 0.717) is 31.1 Å². The summed E-state index contributed by atoms with van der Waals surface area (Å²) in [4.78, 5) is 26.2. The minimum atomic E-state index is -0.386. The van der Waals surface area contributed by atoms with E-state index in [1.807, 2.05) is 17.0 Å². The zero-order valence-corrected chi connectivity index (χ0v) is 14.7. The first-order chi connectivity index (χ1) is 12.1. The third kappa shape index (κ3) is 3.51. The molecule has 5 heteroatoms. The fourth-order valence-electron chi connectivity index (χ4n) is 4.63. The van der Waals surface area contributed by atoms with Crippen molar-refractivity contribution in [2.24, 2.45) is 17.6 Å². The Morgan fingerprint density at radius 3 is 2.72 bits per heavy atom. The molecule has 0 radical (unpaired) electrons. The van der Waals surface area contributed by atoms with E-state index in [9.17, 15) is 9.59 Å². The standard InChI is InChI=1S/C20H27N3O2/c21-19(24)18-6-2-4-15-12-23(10-9-17(15)18)20(25)22-16-5-1-3-14(11-16)13-7-8-13/h2,4,6,13-14,16H,1,3,5,7-12H2,(H2,21,24)(H,22,25)/t14-,16+/m0/s1. The monoisotopic (exact) mass is 341 g/mol. The predicted octanol–water partition coefficient (Wildman–Crippen LogP) is 2.82. The Balaban J connectivity index is 1.38. The lowest BCUT2D eigenvalue weighted by Crippen LogP contribution is -2.48. The van der Waals surface area contributed by atoms with Crippen molar-refractivity contribution in [3.63, 3.8) is 0 Å². The molecule has 1 heterocycles. The number of nitrogens with one attached hydrogen (secondary N) is 1. The molecule has 2 aliphatic carbocycles. The second kappa shape index (κ2) is 6.70. The Morgan fingerprint density at radius 2 is 1.96 bits per heavy atom. The quantitative estimate of drug-likeness (QED) is 0.887. The van der Waals surface area contributed by atoms with E-state index >= 15 is 0 Å². The van der Waals surface area contributed by atoms with E-state index in [1.165, 1.54) is 25.7 Å². The molecule has 0 saturated heterocycles. The van der Waals surface area contributed by atoms with Crippen LogP contribution in [0.2, 0.25) is 0 Å². The van der Waals surface area contributed by atoms with Gasteiger partial charge in [0, 0.05) is 24.7 Å². The Kier molecular flexibility index (Phi) is 4.40. The molecule has 25 heavy (non-hydrogen) atoms. The Morgan fingerprint density at radius 1 is 1.12 bits per heavy atom. The lowest BCUT2D eigenvalue weighted by atomic mass is 9.83. The molecule has 0 unspecified atom stereocenters. The average molecular weight is 341 g/mol. The van der Waals surface area contributed by atoms with Crippen molar-refractivity contribution in [2.45, 2.75) is 57.5 Å². The number of rotatable bonds is 3. The lowest BCUT2D eigenvalue weighted by Gasteiger charge is -2.34. The van der Waals surface area contributed by atoms with Crippen molar-refractivity contribution >= 4 is 11.9 Å². The Hall–Kier alpha value is -2.04. The zero-order valence-electron chi connectivity index (χ0n) is 14.7. The van der Waals surface area contributed by atoms with Gasteiger partial charge in [-0.05, 0) is 61.1 Å². The number of urea groups is 1. The number of primary amides is 1. The molecule has 5 nitrogen and oxygen atoms in total. The highest BCUT2D eigenvalue weighted by Gasteiger charge is 2.35. The maximum absolute atomic E-state index is 12.7. The van der Waals surface area contributed by atoms with E-state index in [4.69, 9.17) is 5.73 Å². The van der Waals surface area contributed by atoms with Gasteiger partial charge in [0.2, 0.25) is 5.91 Å². The van der Waals surface area contributed by atoms with Gasteiger partial charge in [0.15, 0.2) is 0 Å². The number of carbonyl (C=O) groups excluding carboxylic acids is 2. The van der Waals surface area contributed by atoms with Gasteiger partial charge in [-0.1, -0.05) is 25.0 Å². The highest BCUT2D eigenvalue weighted by molar-refractivity contribution is 5.94. The molecule has 3 amide bonds. The van der Waals surface area contributed by atoms with Crippen LogP contribution in [0.15, 0.2) is 18.2 Å². The van der Waals surface area contributed by atoms with Crippen LogP contribution in [0.25, 0.3) is 0 Å². The normalized spacial score (nSPS) is 26.0. The number of amides is 3. The SMILES string of the molecule is NC(=O)c1cccc2c1CCN(C(=O)N[C@@H]1CCC[C@H](C3CC3)C1)C2. The first-order valence-corrected chi connectivity index (χ1v) is 9.58. The number of fused-ring (bicyclic) bond motifs is 1. The van der Waals surface area contributed by atoms with E-state index in [1.54, 1.807) is 6.07 Å². The van der Waals surface area contributed by atoms with Gasteiger partial charge in [0.1, 0.15) is 0 Å². The number of carbonyl (C=O) groups is 2. The molecule has 4 rings (SSSR count). The van der Waals surface area contributed by atoms with Gasteiger partial charge in [-0.15, -0.1) is 0 Å². The molecular weight excluding hydrogens is 314 g/mol. The van der Waals surface area contributed by atoms with E-state index in [0.717, 1.165) is 35.8 Å². The summed E-state index contributed by atoms with van der Waals surface area (Å²) in [5, 5.41) is 3.26. The van der Waals surface area contributed by atoms with E-state index < -0.39 is 0 Å². The minimum Gasteiger partial charge on any atom is -0.366 e. The van der Waals surface area contributed by atoms with Gasteiger partial charge in [0.25, 0.3) is 0 Å². The van der Waals surface area contributed by atoms with Gasteiger partial charge in [-0.25, -0.2) is 4.79 Å². The third-order valence-corrected chi connectivity index (χ3v) is 6.15. The van der Waals surface area contributed by atoms with Crippen LogP contribution in [-0.4, -0.2) is 29.4 Å². The summed E-state index contributed by atoms with van der Waals surface area (Å²) in [5.41, 5.74) is 8.11. The Labute approximate surface area is 148 Å². The lowest BCUT2D eigenvalue weighted by molar-refractivity contribution is 0.0999. The van der Waals surface area contributed by atoms with Crippen molar-refractivity contribution in [1.82, 2.24) is 10.2 Å². The largest absolute Gasteiger partial charge is 0.366 e. The van der Waals surface area contributed by atoms with Crippen molar-refractivity contribution in [3.05, 3.63) is 34.9 Å². The third-order valence-electron chi connectivity index (χ3n) is 6.15. The summed E-state index contributed by atoms with van der Waals surface area (Å²) in [5.74, 6) is 1.36. The van der Waals surface area contributed by atoms with Crippen LogP contribution in [0.5, 0.6) is 0 Å². The highest BCUT2D eigenvalue weighted by atomic mass is 16.2. The summed E-state index contributed by atoms with van der Waals surface area (Å²) in [7, 11) is 0. The molecule has 2 atom stereocenters. The number of benzene rings is 1. The molecule has 1 aromatic rings. The van der Waals surface area contributed by atoms with Crippen LogP contribution in [0.1, 0.15) is 60.0 Å². The topological polar surface area (TPSA) is 75.4 Å². The second-order valence-electron chi connectivity index (χ2n) is 7.89. The second-order valence-corrected chi connectivity index (χ2v) is 7.89. The van der Waals surface area contributed by atoms with Crippen LogP contribution < -0.4 is 11.1 Å². The van der Waals surface area contributed by atoms with Crippen LogP contribution in [0.4, 0.5) is 4.79 Å². The highest BCUT2D eigenvalue weighted by Crippen LogP contribution is 2.43. The summed E-state index contributed by atoms with van der Waals surface area (Å²) in [6.45, 7) is 1.20. The van der Waals surface area contributed by atoms with Crippen molar-refractivity contribution in [1.29, 1.82) is 0 Å². The maximum Gasteiger partial charge on any atom is 0.317 e. The van der Waals surface area contributed by atoms with Crippen molar-refractivity contribution in [2.75, 3.05) is 6.54 Å². The number of hydrogen-bond acceptors (Lipinski definition) is 2. The molecule has 134 valence electrons. The van der Waals surface area contributed by atoms with Crippen LogP contribution in [0, 0.1) is 11.8 Å². The molecule has 1 aromatic carbocycles. The molecule has 0 spiro atoms. The first kappa shape index (κ1) is 16.4. The van der Waals surface area contributed by atoms with Crippen molar-refractivity contribution in [3.8, 4) is 0 Å². The van der Waals surface area contributed by atoms with Gasteiger partial charge in [-0.2, -0.15) is 0 Å². The fourth-order valence-corrected chi connectivity index (χ4v) is 4.63. The number of nitrogens with two attached hydrogens (primary N) is 1. The molecule has 3 N–H and O–H groups in total. The van der Waals surface area contributed by atoms with E-state index in [2.05, 4.69) is 5.32 Å². The minimum absolute atomic E-state index is 0.0385. The molecular formula is C20H27N3O2. The van der Waals surface area contributed by atoms with Gasteiger partial charge in [0.05, 0.1) is 0 Å².